The van der Waals surface area contributed by atoms with E-state index in [0.717, 1.165) is 0 Å². The molecular weight excluding hydrogens is 349 g/mol. The van der Waals surface area contributed by atoms with Gasteiger partial charge in [-0.2, -0.15) is 0 Å². The average Bonchev–Trinajstić information content (AvgIpc) is 2.87. The number of carbonyl (C=O) groups excluding carboxylic acids is 2. The molecule has 1 fully saturated rings. The molecule has 18 heavy (non-hydrogen) atoms. The molecule has 0 radical (unpaired) electrons. The summed E-state index contributed by atoms with van der Waals surface area (Å²) in [4.78, 5) is 23.3. The van der Waals surface area contributed by atoms with E-state index in [2.05, 4.69) is 36.5 Å². The van der Waals surface area contributed by atoms with Crippen LogP contribution in [-0.4, -0.2) is 37.8 Å². The van der Waals surface area contributed by atoms with Gasteiger partial charge in [0.2, 0.25) is 0 Å². The molecule has 88 valence electrons. The molecule has 2 amide bonds. The molecule has 0 saturated carbocycles. The number of nitrogens with one attached hydrogen (secondary N) is 1. The minimum atomic E-state index is -2.07. The van der Waals surface area contributed by atoms with E-state index in [1.165, 1.54) is 29.5 Å². The number of carbonyl (C=O) groups is 2. The second-order valence-corrected chi connectivity index (χ2v) is 15.3. The summed E-state index contributed by atoms with van der Waals surface area (Å²) >= 11 is -0.881. The van der Waals surface area contributed by atoms with Gasteiger partial charge in [-0.15, -0.1) is 0 Å². The minimum absolute atomic E-state index is 0.0835. The Labute approximate surface area is 117 Å². The quantitative estimate of drug-likeness (QED) is 0.823. The second-order valence-electron chi connectivity index (χ2n) is 5.06. The van der Waals surface area contributed by atoms with Crippen molar-refractivity contribution in [1.29, 1.82) is 0 Å². The number of imide groups is 1. The van der Waals surface area contributed by atoms with E-state index in [9.17, 15) is 9.59 Å². The topological polar surface area (TPSA) is 46.2 Å². The standard InChI is InChI=1S/C13H10NO2S.In/c1-2-5-9-6-3-4-7-10(9)8-11-12(15)14-13(16)17-11;/h3-5,7-8,11H,1H3,(H,14,15,16);. The van der Waals surface area contributed by atoms with Crippen molar-refractivity contribution in [3.05, 3.63) is 32.7 Å². The van der Waals surface area contributed by atoms with Crippen LogP contribution in [0.2, 0.25) is 0 Å². The molecule has 3 aliphatic heterocycles. The predicted molar refractivity (Wildman–Crippen MR) is 73.1 cm³/mol. The Kier molecular flexibility index (Phi) is 2.28. The van der Waals surface area contributed by atoms with Crippen LogP contribution < -0.4 is 8.64 Å². The first kappa shape index (κ1) is 11.2. The van der Waals surface area contributed by atoms with Crippen molar-refractivity contribution in [2.75, 3.05) is 0 Å². The summed E-state index contributed by atoms with van der Waals surface area (Å²) in [6.45, 7) is 2.20. The van der Waals surface area contributed by atoms with Gasteiger partial charge in [-0.05, 0) is 0 Å². The van der Waals surface area contributed by atoms with E-state index in [4.69, 9.17) is 0 Å². The van der Waals surface area contributed by atoms with E-state index in [1.54, 1.807) is 0 Å². The normalized spacial score (nSPS) is 27.8. The van der Waals surface area contributed by atoms with Crippen LogP contribution in [0.15, 0.2) is 21.5 Å². The molecule has 1 aromatic rings. The molecule has 3 aliphatic rings. The van der Waals surface area contributed by atoms with Crippen LogP contribution in [0, 0.1) is 0 Å². The van der Waals surface area contributed by atoms with Gasteiger partial charge in [-0.1, -0.05) is 0 Å². The van der Waals surface area contributed by atoms with Crippen molar-refractivity contribution in [2.45, 2.75) is 15.8 Å². The first-order valence-electron chi connectivity index (χ1n) is 5.99. The molecule has 4 rings (SSSR count). The van der Waals surface area contributed by atoms with Crippen molar-refractivity contribution in [3.8, 4) is 0 Å². The van der Waals surface area contributed by atoms with Crippen molar-refractivity contribution in [1.82, 2.24) is 5.32 Å². The van der Waals surface area contributed by atoms with Crippen LogP contribution in [0.3, 0.4) is 0 Å². The molecule has 0 spiro atoms. The van der Waals surface area contributed by atoms with Gasteiger partial charge in [0.05, 0.1) is 0 Å². The van der Waals surface area contributed by atoms with E-state index in [1.807, 2.05) is 0 Å². The summed E-state index contributed by atoms with van der Waals surface area (Å²) in [6, 6.07) is 6.47. The van der Waals surface area contributed by atoms with Crippen molar-refractivity contribution < 1.29 is 9.59 Å². The summed E-state index contributed by atoms with van der Waals surface area (Å²) in [5, 5.41) is 2.07. The number of allylic oxidation sites excluding steroid dienone is 1. The number of amides is 2. The summed E-state index contributed by atoms with van der Waals surface area (Å²) in [6.07, 6.45) is 2.31. The zero-order valence-corrected chi connectivity index (χ0v) is 13.9. The van der Waals surface area contributed by atoms with Crippen LogP contribution in [0.5, 0.6) is 0 Å². The molecule has 2 atom stereocenters. The molecule has 2 unspecified atom stereocenters. The SMILES string of the molecule is C[C]1=Cc2c3ccc[c]2[In]1[CH]3C1SC(=O)NC1=O. The molecule has 4 bridgehead atoms. The van der Waals surface area contributed by atoms with Gasteiger partial charge in [0.25, 0.3) is 0 Å². The number of benzene rings is 1. The maximum atomic E-state index is 11.9. The summed E-state index contributed by atoms with van der Waals surface area (Å²) < 4.78 is 3.39. The molecule has 1 N–H and O–H groups in total. The van der Waals surface area contributed by atoms with Crippen molar-refractivity contribution >= 4 is 53.7 Å². The molecule has 3 heterocycles. The third kappa shape index (κ3) is 1.29. The van der Waals surface area contributed by atoms with Gasteiger partial charge >= 0.3 is 117 Å². The molecule has 1 saturated heterocycles. The molecule has 5 heteroatoms. The van der Waals surface area contributed by atoms with Crippen LogP contribution in [0.25, 0.3) is 6.08 Å². The molecule has 0 aromatic heterocycles. The molecular formula is C13H10InNO2S. The Hall–Kier alpha value is -0.680. The Morgan fingerprint density at radius 3 is 2.83 bits per heavy atom. The Morgan fingerprint density at radius 2 is 2.17 bits per heavy atom. The predicted octanol–water partition coefficient (Wildman–Crippen LogP) is 1.33. The zero-order chi connectivity index (χ0) is 12.4. The van der Waals surface area contributed by atoms with Gasteiger partial charge in [0.1, 0.15) is 0 Å². The first-order chi connectivity index (χ1) is 8.66. The fourth-order valence-corrected chi connectivity index (χ4v) is 17.1. The average molecular weight is 359 g/mol. The monoisotopic (exact) mass is 359 g/mol. The number of rotatable bonds is 1. The fourth-order valence-electron chi connectivity index (χ4n) is 3.49. The molecule has 3 nitrogen and oxygen atoms in total. The summed E-state index contributed by atoms with van der Waals surface area (Å²) in [7, 11) is 0. The third-order valence-electron chi connectivity index (χ3n) is 4.13. The second kappa shape index (κ2) is 3.67. The molecule has 1 aromatic carbocycles. The van der Waals surface area contributed by atoms with E-state index < -0.39 is 21.4 Å². The van der Waals surface area contributed by atoms with Crippen molar-refractivity contribution in [2.24, 2.45) is 0 Å². The van der Waals surface area contributed by atoms with Crippen LogP contribution >= 0.6 is 11.8 Å². The zero-order valence-electron chi connectivity index (χ0n) is 9.77. The van der Waals surface area contributed by atoms with Gasteiger partial charge < -0.3 is 0 Å². The van der Waals surface area contributed by atoms with Crippen molar-refractivity contribution in [3.63, 3.8) is 0 Å². The number of hydrogen-bond donors (Lipinski definition) is 1. The summed E-state index contributed by atoms with van der Waals surface area (Å²) in [5.74, 6) is -0.0835. The maximum absolute atomic E-state index is 11.9. The first-order valence-corrected chi connectivity index (χ1v) is 12.1. The molecule has 0 aliphatic carbocycles. The van der Waals surface area contributed by atoms with Gasteiger partial charge in [-0.25, -0.2) is 0 Å². The Bertz CT molecular complexity index is 640. The number of hydrogen-bond acceptors (Lipinski definition) is 3. The summed E-state index contributed by atoms with van der Waals surface area (Å²) in [5.41, 5.74) is 2.69. The van der Waals surface area contributed by atoms with Gasteiger partial charge in [-0.3, -0.25) is 0 Å². The Balaban J connectivity index is 1.83. The van der Waals surface area contributed by atoms with Crippen LogP contribution in [0.1, 0.15) is 21.7 Å². The number of thioether (sulfide) groups is 1. The van der Waals surface area contributed by atoms with Crippen LogP contribution in [-0.2, 0) is 4.79 Å². The van der Waals surface area contributed by atoms with Gasteiger partial charge in [0.15, 0.2) is 0 Å². The van der Waals surface area contributed by atoms with Gasteiger partial charge in [0, 0.05) is 0 Å². The van der Waals surface area contributed by atoms with E-state index >= 15 is 0 Å². The Morgan fingerprint density at radius 1 is 1.33 bits per heavy atom. The third-order valence-corrected chi connectivity index (χ3v) is 16.8. The van der Waals surface area contributed by atoms with E-state index in [0.29, 0.717) is 3.67 Å². The van der Waals surface area contributed by atoms with Crippen LogP contribution in [0.4, 0.5) is 4.79 Å². The fraction of sp³-hybridized carbons (Fsp3) is 0.231. The van der Waals surface area contributed by atoms with E-state index in [-0.39, 0.29) is 16.4 Å².